The standard InChI is InChI=1S/C18H20ClNO3S/c1-10-13(11-7-6-8-12(19)9-11)14(16(21)23-5)15(24-10)20-17(22)18(2,3)4/h6-9H,1-5H3,(H,20,22). The van der Waals surface area contributed by atoms with Crippen molar-refractivity contribution in [3.63, 3.8) is 0 Å². The third kappa shape index (κ3) is 3.79. The van der Waals surface area contributed by atoms with Crippen molar-refractivity contribution in [2.75, 3.05) is 12.4 Å². The molecule has 1 aromatic heterocycles. The summed E-state index contributed by atoms with van der Waals surface area (Å²) in [5, 5.41) is 3.93. The average molecular weight is 366 g/mol. The number of benzene rings is 1. The summed E-state index contributed by atoms with van der Waals surface area (Å²) in [5.74, 6) is -0.648. The fourth-order valence-electron chi connectivity index (χ4n) is 2.21. The number of halogens is 1. The van der Waals surface area contributed by atoms with Gasteiger partial charge in [0.2, 0.25) is 5.91 Å². The van der Waals surface area contributed by atoms with Gasteiger partial charge in [-0.15, -0.1) is 11.3 Å². The topological polar surface area (TPSA) is 55.4 Å². The number of rotatable bonds is 3. The van der Waals surface area contributed by atoms with E-state index in [1.54, 1.807) is 12.1 Å². The van der Waals surface area contributed by atoms with E-state index in [4.69, 9.17) is 16.3 Å². The maximum absolute atomic E-state index is 12.4. The monoisotopic (exact) mass is 365 g/mol. The molecule has 24 heavy (non-hydrogen) atoms. The van der Waals surface area contributed by atoms with E-state index in [-0.39, 0.29) is 5.91 Å². The van der Waals surface area contributed by atoms with Gasteiger partial charge in [-0.25, -0.2) is 4.79 Å². The van der Waals surface area contributed by atoms with Crippen LogP contribution < -0.4 is 5.32 Å². The molecule has 4 nitrogen and oxygen atoms in total. The second-order valence-corrected chi connectivity index (χ2v) is 8.10. The first-order valence-corrected chi connectivity index (χ1v) is 8.63. The maximum atomic E-state index is 12.4. The van der Waals surface area contributed by atoms with Crippen LogP contribution in [0.25, 0.3) is 11.1 Å². The molecule has 0 aliphatic heterocycles. The number of carbonyl (C=O) groups excluding carboxylic acids is 2. The molecule has 0 radical (unpaired) electrons. The Hall–Kier alpha value is -1.85. The van der Waals surface area contributed by atoms with Crippen molar-refractivity contribution in [2.45, 2.75) is 27.7 Å². The molecule has 0 aliphatic carbocycles. The Morgan fingerprint density at radius 1 is 1.25 bits per heavy atom. The summed E-state index contributed by atoms with van der Waals surface area (Å²) in [4.78, 5) is 25.6. The lowest BCUT2D eigenvalue weighted by Gasteiger charge is -2.17. The summed E-state index contributed by atoms with van der Waals surface area (Å²) >= 11 is 7.44. The number of hydrogen-bond acceptors (Lipinski definition) is 4. The van der Waals surface area contributed by atoms with Gasteiger partial charge in [0.05, 0.1) is 7.11 Å². The van der Waals surface area contributed by atoms with Gasteiger partial charge in [0.1, 0.15) is 10.6 Å². The van der Waals surface area contributed by atoms with E-state index in [0.29, 0.717) is 15.6 Å². The highest BCUT2D eigenvalue weighted by molar-refractivity contribution is 7.17. The van der Waals surface area contributed by atoms with Crippen LogP contribution in [-0.4, -0.2) is 19.0 Å². The highest BCUT2D eigenvalue weighted by Gasteiger charge is 2.28. The minimum Gasteiger partial charge on any atom is -0.465 e. The van der Waals surface area contributed by atoms with Gasteiger partial charge in [0.25, 0.3) is 0 Å². The second-order valence-electron chi connectivity index (χ2n) is 6.44. The number of anilines is 1. The van der Waals surface area contributed by atoms with Gasteiger partial charge in [-0.1, -0.05) is 44.5 Å². The number of methoxy groups -OCH3 is 1. The van der Waals surface area contributed by atoms with Crippen LogP contribution in [0.15, 0.2) is 24.3 Å². The van der Waals surface area contributed by atoms with Gasteiger partial charge in [-0.3, -0.25) is 4.79 Å². The number of aryl methyl sites for hydroxylation is 1. The Morgan fingerprint density at radius 3 is 2.46 bits per heavy atom. The van der Waals surface area contributed by atoms with E-state index in [9.17, 15) is 9.59 Å². The second kappa shape index (κ2) is 6.95. The molecular formula is C18H20ClNO3S. The molecule has 1 amide bonds. The molecule has 1 N–H and O–H groups in total. The van der Waals surface area contributed by atoms with E-state index < -0.39 is 11.4 Å². The molecule has 0 saturated heterocycles. The quantitative estimate of drug-likeness (QED) is 0.765. The number of nitrogens with one attached hydrogen (secondary N) is 1. The molecule has 0 saturated carbocycles. The van der Waals surface area contributed by atoms with E-state index >= 15 is 0 Å². The number of ether oxygens (including phenoxy) is 1. The average Bonchev–Trinajstić information content (AvgIpc) is 2.81. The first-order chi connectivity index (χ1) is 11.1. The Balaban J connectivity index is 2.60. The van der Waals surface area contributed by atoms with Crippen LogP contribution in [0.1, 0.15) is 36.0 Å². The van der Waals surface area contributed by atoms with Gasteiger partial charge in [0, 0.05) is 20.9 Å². The molecule has 2 rings (SSSR count). The number of thiophene rings is 1. The summed E-state index contributed by atoms with van der Waals surface area (Å²) in [5.41, 5.74) is 1.34. The van der Waals surface area contributed by atoms with Crippen LogP contribution in [0.3, 0.4) is 0 Å². The van der Waals surface area contributed by atoms with Crippen LogP contribution in [0.5, 0.6) is 0 Å². The third-order valence-corrected chi connectivity index (χ3v) is 4.75. The molecule has 0 spiro atoms. The predicted octanol–water partition coefficient (Wildman–Crippen LogP) is 5.15. The molecule has 0 aliphatic rings. The lowest BCUT2D eigenvalue weighted by Crippen LogP contribution is -2.28. The minimum atomic E-state index is -0.568. The third-order valence-electron chi connectivity index (χ3n) is 3.50. The van der Waals surface area contributed by atoms with Crippen LogP contribution >= 0.6 is 22.9 Å². The zero-order valence-electron chi connectivity index (χ0n) is 14.3. The van der Waals surface area contributed by atoms with Crippen molar-refractivity contribution in [1.29, 1.82) is 0 Å². The molecule has 0 atom stereocenters. The Labute approximate surface area is 150 Å². The van der Waals surface area contributed by atoms with Gasteiger partial charge < -0.3 is 10.1 Å². The van der Waals surface area contributed by atoms with Gasteiger partial charge >= 0.3 is 5.97 Å². The van der Waals surface area contributed by atoms with Crippen LogP contribution in [0.4, 0.5) is 5.00 Å². The fraction of sp³-hybridized carbons (Fsp3) is 0.333. The number of amides is 1. The van der Waals surface area contributed by atoms with Gasteiger partial charge in [-0.05, 0) is 24.6 Å². The summed E-state index contributed by atoms with van der Waals surface area (Å²) in [6.07, 6.45) is 0. The van der Waals surface area contributed by atoms with E-state index in [0.717, 1.165) is 16.0 Å². The highest BCUT2D eigenvalue weighted by Crippen LogP contribution is 2.41. The predicted molar refractivity (Wildman–Crippen MR) is 98.9 cm³/mol. The van der Waals surface area contributed by atoms with Gasteiger partial charge in [-0.2, -0.15) is 0 Å². The minimum absolute atomic E-state index is 0.161. The van der Waals surface area contributed by atoms with Crippen LogP contribution in [0.2, 0.25) is 5.02 Å². The van der Waals surface area contributed by atoms with Gasteiger partial charge in [0.15, 0.2) is 0 Å². The molecule has 6 heteroatoms. The molecule has 0 fully saturated rings. The first kappa shape index (κ1) is 18.5. The highest BCUT2D eigenvalue weighted by atomic mass is 35.5. The zero-order valence-corrected chi connectivity index (χ0v) is 15.9. The van der Waals surface area contributed by atoms with Crippen molar-refractivity contribution >= 4 is 39.8 Å². The summed E-state index contributed by atoms with van der Waals surface area (Å²) < 4.78 is 4.93. The number of esters is 1. The Morgan fingerprint density at radius 2 is 1.92 bits per heavy atom. The Bertz CT molecular complexity index is 790. The van der Waals surface area contributed by atoms with Crippen molar-refractivity contribution in [3.8, 4) is 11.1 Å². The van der Waals surface area contributed by atoms with Crippen molar-refractivity contribution in [1.82, 2.24) is 0 Å². The molecular weight excluding hydrogens is 346 g/mol. The van der Waals surface area contributed by atoms with Crippen LogP contribution in [-0.2, 0) is 9.53 Å². The van der Waals surface area contributed by atoms with E-state index in [2.05, 4.69) is 5.32 Å². The Kier molecular flexibility index (Phi) is 5.35. The number of hydrogen-bond donors (Lipinski definition) is 1. The SMILES string of the molecule is COC(=O)c1c(NC(=O)C(C)(C)C)sc(C)c1-c1cccc(Cl)c1. The van der Waals surface area contributed by atoms with Crippen molar-refractivity contribution < 1.29 is 14.3 Å². The largest absolute Gasteiger partial charge is 0.465 e. The van der Waals surface area contributed by atoms with Crippen molar-refractivity contribution in [3.05, 3.63) is 39.7 Å². The molecule has 1 aromatic carbocycles. The van der Waals surface area contributed by atoms with Crippen LogP contribution in [0, 0.1) is 12.3 Å². The summed E-state index contributed by atoms with van der Waals surface area (Å²) in [7, 11) is 1.33. The molecule has 0 unspecified atom stereocenters. The summed E-state index contributed by atoms with van der Waals surface area (Å²) in [6.45, 7) is 7.36. The molecule has 2 aromatic rings. The maximum Gasteiger partial charge on any atom is 0.341 e. The summed E-state index contributed by atoms with van der Waals surface area (Å²) in [6, 6.07) is 7.26. The number of carbonyl (C=O) groups is 2. The van der Waals surface area contributed by atoms with E-state index in [1.807, 2.05) is 39.8 Å². The molecule has 128 valence electrons. The first-order valence-electron chi connectivity index (χ1n) is 7.44. The fourth-order valence-corrected chi connectivity index (χ4v) is 3.46. The van der Waals surface area contributed by atoms with Crippen molar-refractivity contribution in [2.24, 2.45) is 5.41 Å². The molecule has 1 heterocycles. The normalized spacial score (nSPS) is 11.2. The molecule has 0 bridgehead atoms. The van der Waals surface area contributed by atoms with E-state index in [1.165, 1.54) is 18.4 Å². The smallest absolute Gasteiger partial charge is 0.341 e. The zero-order chi connectivity index (χ0) is 18.1. The lowest BCUT2D eigenvalue weighted by atomic mass is 9.95. The lowest BCUT2D eigenvalue weighted by molar-refractivity contribution is -0.123.